The Kier molecular flexibility index (Phi) is 6.20. The van der Waals surface area contributed by atoms with Crippen LogP contribution in [0.15, 0.2) is 12.1 Å². The highest BCUT2D eigenvalue weighted by Crippen LogP contribution is 2.31. The van der Waals surface area contributed by atoms with E-state index < -0.39 is 4.92 Å². The Morgan fingerprint density at radius 1 is 1.35 bits per heavy atom. The molecular weight excluding hydrogens is 278 g/mol. The van der Waals surface area contributed by atoms with Crippen molar-refractivity contribution in [2.45, 2.75) is 46.6 Å². The molecule has 0 saturated heterocycles. The van der Waals surface area contributed by atoms with Crippen molar-refractivity contribution in [1.82, 2.24) is 4.98 Å². The molecule has 0 amide bonds. The Bertz CT molecular complexity index is 462. The summed E-state index contributed by atoms with van der Waals surface area (Å²) >= 11 is 5.93. The summed E-state index contributed by atoms with van der Waals surface area (Å²) < 4.78 is 0. The topological polar surface area (TPSA) is 59.3 Å². The van der Waals surface area contributed by atoms with Crippen LogP contribution in [0.5, 0.6) is 0 Å². The molecule has 0 aliphatic rings. The third-order valence-corrected chi connectivity index (χ3v) is 3.44. The van der Waals surface area contributed by atoms with Gasteiger partial charge in [0, 0.05) is 18.7 Å². The normalized spacial score (nSPS) is 11.2. The number of anilines is 1. The number of rotatable bonds is 7. The number of nitrogens with zero attached hydrogens (tertiary/aromatic N) is 3. The molecule has 0 saturated carbocycles. The molecular formula is C14H22ClN3O2. The number of aromatic nitrogens is 1. The van der Waals surface area contributed by atoms with Gasteiger partial charge in [0.25, 0.3) is 0 Å². The van der Waals surface area contributed by atoms with E-state index in [1.54, 1.807) is 0 Å². The lowest BCUT2D eigenvalue weighted by molar-refractivity contribution is -0.384. The van der Waals surface area contributed by atoms with E-state index in [1.807, 2.05) is 4.90 Å². The van der Waals surface area contributed by atoms with Crippen molar-refractivity contribution in [3.05, 3.63) is 27.4 Å². The number of halogens is 1. The van der Waals surface area contributed by atoms with E-state index in [0.29, 0.717) is 11.7 Å². The molecule has 5 nitrogen and oxygen atoms in total. The van der Waals surface area contributed by atoms with E-state index in [4.69, 9.17) is 11.6 Å². The standard InChI is InChI=1S/C14H22ClN3O2/c1-5-11(6-2)17(9-10(3)4)14-12(18(19)20)7-8-13(15)16-14/h7-8,10-11H,5-6,9H2,1-4H3. The van der Waals surface area contributed by atoms with Crippen LogP contribution in [0.4, 0.5) is 11.5 Å². The van der Waals surface area contributed by atoms with Gasteiger partial charge in [0.2, 0.25) is 5.82 Å². The molecule has 0 N–H and O–H groups in total. The molecule has 1 aromatic rings. The Labute approximate surface area is 125 Å². The van der Waals surface area contributed by atoms with Crippen LogP contribution in [-0.4, -0.2) is 22.5 Å². The first-order chi connectivity index (χ1) is 9.40. The summed E-state index contributed by atoms with van der Waals surface area (Å²) in [5.74, 6) is 0.765. The molecule has 112 valence electrons. The maximum Gasteiger partial charge on any atom is 0.311 e. The Morgan fingerprint density at radius 3 is 2.40 bits per heavy atom. The Morgan fingerprint density at radius 2 is 1.95 bits per heavy atom. The maximum absolute atomic E-state index is 11.2. The Hall–Kier alpha value is -1.36. The zero-order valence-corrected chi connectivity index (χ0v) is 13.2. The van der Waals surface area contributed by atoms with E-state index in [2.05, 4.69) is 32.7 Å². The van der Waals surface area contributed by atoms with Crippen molar-refractivity contribution in [3.63, 3.8) is 0 Å². The average Bonchev–Trinajstić information content (AvgIpc) is 2.38. The van der Waals surface area contributed by atoms with Crippen molar-refractivity contribution >= 4 is 23.1 Å². The third kappa shape index (κ3) is 4.07. The van der Waals surface area contributed by atoms with Crippen LogP contribution in [-0.2, 0) is 0 Å². The fourth-order valence-corrected chi connectivity index (χ4v) is 2.45. The van der Waals surface area contributed by atoms with Crippen LogP contribution in [0, 0.1) is 16.0 Å². The lowest BCUT2D eigenvalue weighted by atomic mass is 10.1. The van der Waals surface area contributed by atoms with Gasteiger partial charge < -0.3 is 4.90 Å². The van der Waals surface area contributed by atoms with Gasteiger partial charge in [-0.05, 0) is 24.8 Å². The zero-order valence-electron chi connectivity index (χ0n) is 12.5. The molecule has 0 aliphatic carbocycles. The smallest absolute Gasteiger partial charge is 0.311 e. The number of nitro groups is 1. The SMILES string of the molecule is CCC(CC)N(CC(C)C)c1nc(Cl)ccc1[N+](=O)[O-]. The molecule has 0 unspecified atom stereocenters. The number of pyridine rings is 1. The van der Waals surface area contributed by atoms with Gasteiger partial charge in [0.1, 0.15) is 5.15 Å². The molecule has 0 spiro atoms. The highest BCUT2D eigenvalue weighted by Gasteiger charge is 2.26. The highest BCUT2D eigenvalue weighted by atomic mass is 35.5. The second-order valence-corrected chi connectivity index (χ2v) is 5.64. The largest absolute Gasteiger partial charge is 0.348 e. The van der Waals surface area contributed by atoms with Crippen molar-refractivity contribution in [2.75, 3.05) is 11.4 Å². The highest BCUT2D eigenvalue weighted by molar-refractivity contribution is 6.29. The van der Waals surface area contributed by atoms with Gasteiger partial charge in [-0.1, -0.05) is 39.3 Å². The second kappa shape index (κ2) is 7.43. The summed E-state index contributed by atoms with van der Waals surface area (Å²) in [4.78, 5) is 17.1. The summed E-state index contributed by atoms with van der Waals surface area (Å²) in [6.45, 7) is 9.06. The fraction of sp³-hybridized carbons (Fsp3) is 0.643. The number of hydrogen-bond acceptors (Lipinski definition) is 4. The van der Waals surface area contributed by atoms with E-state index in [1.165, 1.54) is 12.1 Å². The van der Waals surface area contributed by atoms with Gasteiger partial charge in [0.15, 0.2) is 0 Å². The zero-order chi connectivity index (χ0) is 15.3. The van der Waals surface area contributed by atoms with Gasteiger partial charge in [-0.2, -0.15) is 0 Å². The molecule has 0 aliphatic heterocycles. The quantitative estimate of drug-likeness (QED) is 0.428. The van der Waals surface area contributed by atoms with Crippen LogP contribution in [0.2, 0.25) is 5.15 Å². The predicted molar refractivity (Wildman–Crippen MR) is 82.5 cm³/mol. The van der Waals surface area contributed by atoms with Crippen LogP contribution in [0.3, 0.4) is 0 Å². The summed E-state index contributed by atoms with van der Waals surface area (Å²) in [5.41, 5.74) is 0.0157. The first-order valence-electron chi connectivity index (χ1n) is 6.98. The monoisotopic (exact) mass is 299 g/mol. The first kappa shape index (κ1) is 16.7. The van der Waals surface area contributed by atoms with Crippen LogP contribution in [0.25, 0.3) is 0 Å². The Balaban J connectivity index is 3.31. The van der Waals surface area contributed by atoms with Gasteiger partial charge in [-0.25, -0.2) is 4.98 Å². The van der Waals surface area contributed by atoms with Gasteiger partial charge >= 0.3 is 5.69 Å². The number of hydrogen-bond donors (Lipinski definition) is 0. The summed E-state index contributed by atoms with van der Waals surface area (Å²) in [6, 6.07) is 3.12. The minimum Gasteiger partial charge on any atom is -0.348 e. The van der Waals surface area contributed by atoms with E-state index in [-0.39, 0.29) is 16.9 Å². The lowest BCUT2D eigenvalue weighted by Gasteiger charge is -2.32. The molecule has 1 aromatic heterocycles. The molecule has 0 aromatic carbocycles. The second-order valence-electron chi connectivity index (χ2n) is 5.25. The van der Waals surface area contributed by atoms with Crippen molar-refractivity contribution in [1.29, 1.82) is 0 Å². The minimum atomic E-state index is -0.394. The molecule has 0 radical (unpaired) electrons. The van der Waals surface area contributed by atoms with Crippen LogP contribution < -0.4 is 4.90 Å². The fourth-order valence-electron chi connectivity index (χ4n) is 2.30. The van der Waals surface area contributed by atoms with Crippen LogP contribution in [0.1, 0.15) is 40.5 Å². The summed E-state index contributed by atoms with van der Waals surface area (Å²) in [6.07, 6.45) is 1.82. The van der Waals surface area contributed by atoms with Gasteiger partial charge in [-0.3, -0.25) is 10.1 Å². The van der Waals surface area contributed by atoms with Crippen LogP contribution >= 0.6 is 11.6 Å². The average molecular weight is 300 g/mol. The van der Waals surface area contributed by atoms with E-state index in [9.17, 15) is 10.1 Å². The maximum atomic E-state index is 11.2. The van der Waals surface area contributed by atoms with Crippen molar-refractivity contribution in [3.8, 4) is 0 Å². The molecule has 0 fully saturated rings. The molecule has 6 heteroatoms. The molecule has 0 bridgehead atoms. The first-order valence-corrected chi connectivity index (χ1v) is 7.36. The minimum absolute atomic E-state index is 0.0157. The van der Waals surface area contributed by atoms with E-state index in [0.717, 1.165) is 19.4 Å². The summed E-state index contributed by atoms with van der Waals surface area (Å²) in [5, 5.41) is 11.5. The summed E-state index contributed by atoms with van der Waals surface area (Å²) in [7, 11) is 0. The van der Waals surface area contributed by atoms with Crippen molar-refractivity contribution < 1.29 is 4.92 Å². The lowest BCUT2D eigenvalue weighted by Crippen LogP contribution is -2.38. The van der Waals surface area contributed by atoms with Gasteiger partial charge in [-0.15, -0.1) is 0 Å². The van der Waals surface area contributed by atoms with Gasteiger partial charge in [0.05, 0.1) is 4.92 Å². The predicted octanol–water partition coefficient (Wildman–Crippen LogP) is 4.29. The molecule has 1 heterocycles. The van der Waals surface area contributed by atoms with Crippen molar-refractivity contribution in [2.24, 2.45) is 5.92 Å². The molecule has 0 atom stereocenters. The molecule has 1 rings (SSSR count). The van der Waals surface area contributed by atoms with E-state index >= 15 is 0 Å². The third-order valence-electron chi connectivity index (χ3n) is 3.23. The molecule has 20 heavy (non-hydrogen) atoms.